The van der Waals surface area contributed by atoms with Gasteiger partial charge in [-0.15, -0.1) is 0 Å². The minimum absolute atomic E-state index is 0.181. The molecule has 0 aromatic heterocycles. The highest BCUT2D eigenvalue weighted by Gasteiger charge is 2.28. The Morgan fingerprint density at radius 2 is 1.86 bits per heavy atom. The molecule has 1 saturated heterocycles. The topological polar surface area (TPSA) is 75.7 Å². The number of benzene rings is 2. The van der Waals surface area contributed by atoms with Crippen LogP contribution >= 0.6 is 0 Å². The minimum Gasteiger partial charge on any atom is -0.379 e. The quantitative estimate of drug-likeness (QED) is 0.804. The van der Waals surface area contributed by atoms with Crippen LogP contribution in [0.5, 0.6) is 0 Å². The number of sulfonamides is 1. The Bertz CT molecular complexity index is 951. The molecule has 1 heterocycles. The smallest absolute Gasteiger partial charge is 0.251 e. The number of nitrogens with zero attached hydrogens (tertiary/aromatic N) is 1. The molecule has 0 saturated carbocycles. The fourth-order valence-electron chi connectivity index (χ4n) is 3.24. The molecule has 3 rings (SSSR count). The zero-order valence-corrected chi connectivity index (χ0v) is 17.1. The Morgan fingerprint density at radius 3 is 2.57 bits per heavy atom. The summed E-state index contributed by atoms with van der Waals surface area (Å²) in [5.74, 6) is -0.272. The third-order valence-corrected chi connectivity index (χ3v) is 6.86. The third kappa shape index (κ3) is 4.79. The highest BCUT2D eigenvalue weighted by atomic mass is 32.2. The van der Waals surface area contributed by atoms with E-state index in [1.807, 2.05) is 25.1 Å². The highest BCUT2D eigenvalue weighted by Crippen LogP contribution is 2.22. The lowest BCUT2D eigenvalue weighted by atomic mass is 10.1. The van der Waals surface area contributed by atoms with Crippen molar-refractivity contribution < 1.29 is 17.9 Å². The van der Waals surface area contributed by atoms with Crippen molar-refractivity contribution in [2.24, 2.45) is 0 Å². The summed E-state index contributed by atoms with van der Waals surface area (Å²) in [6.45, 7) is 5.69. The monoisotopic (exact) mass is 402 g/mol. The van der Waals surface area contributed by atoms with Crippen LogP contribution in [0, 0.1) is 13.8 Å². The molecule has 1 aliphatic heterocycles. The lowest BCUT2D eigenvalue weighted by Crippen LogP contribution is -2.41. The van der Waals surface area contributed by atoms with E-state index in [1.165, 1.54) is 15.9 Å². The largest absolute Gasteiger partial charge is 0.379 e. The molecular formula is C21H26N2O4S. The number of hydrogen-bond acceptors (Lipinski definition) is 4. The van der Waals surface area contributed by atoms with Gasteiger partial charge in [-0.2, -0.15) is 4.31 Å². The average molecular weight is 403 g/mol. The SMILES string of the molecule is Cc1cccc(CCNC(=O)c2ccc(C)c(S(=O)(=O)N3CCOCC3)c2)c1. The number of carbonyl (C=O) groups excluding carboxylic acids is 1. The Kier molecular flexibility index (Phi) is 6.49. The Labute approximate surface area is 166 Å². The first-order valence-corrected chi connectivity index (χ1v) is 10.8. The highest BCUT2D eigenvalue weighted by molar-refractivity contribution is 7.89. The van der Waals surface area contributed by atoms with Crippen molar-refractivity contribution in [1.82, 2.24) is 9.62 Å². The number of hydrogen-bond donors (Lipinski definition) is 1. The maximum atomic E-state index is 13.0. The van der Waals surface area contributed by atoms with Crippen LogP contribution in [-0.2, 0) is 21.2 Å². The van der Waals surface area contributed by atoms with Crippen molar-refractivity contribution in [3.8, 4) is 0 Å². The molecule has 2 aromatic rings. The Balaban J connectivity index is 1.70. The van der Waals surface area contributed by atoms with Gasteiger partial charge in [0.2, 0.25) is 10.0 Å². The molecule has 2 aromatic carbocycles. The van der Waals surface area contributed by atoms with E-state index in [2.05, 4.69) is 11.4 Å². The van der Waals surface area contributed by atoms with Crippen molar-refractivity contribution >= 4 is 15.9 Å². The van der Waals surface area contributed by atoms with Gasteiger partial charge in [0.25, 0.3) is 5.91 Å². The van der Waals surface area contributed by atoms with Gasteiger partial charge in [0.15, 0.2) is 0 Å². The fraction of sp³-hybridized carbons (Fsp3) is 0.381. The van der Waals surface area contributed by atoms with Crippen molar-refractivity contribution in [3.05, 3.63) is 64.7 Å². The zero-order valence-electron chi connectivity index (χ0n) is 16.3. The van der Waals surface area contributed by atoms with Gasteiger partial charge in [0, 0.05) is 25.2 Å². The van der Waals surface area contributed by atoms with Crippen molar-refractivity contribution in [3.63, 3.8) is 0 Å². The summed E-state index contributed by atoms with van der Waals surface area (Å²) in [5, 5.41) is 2.88. The van der Waals surface area contributed by atoms with Crippen LogP contribution in [0.15, 0.2) is 47.4 Å². The Morgan fingerprint density at radius 1 is 1.11 bits per heavy atom. The number of morpholine rings is 1. The number of nitrogens with one attached hydrogen (secondary N) is 1. The number of carbonyl (C=O) groups is 1. The molecule has 0 radical (unpaired) electrons. The summed E-state index contributed by atoms with van der Waals surface area (Å²) in [4.78, 5) is 12.7. The van der Waals surface area contributed by atoms with E-state index in [-0.39, 0.29) is 10.8 Å². The van der Waals surface area contributed by atoms with Gasteiger partial charge in [-0.1, -0.05) is 35.9 Å². The average Bonchev–Trinajstić information content (AvgIpc) is 2.69. The van der Waals surface area contributed by atoms with E-state index in [9.17, 15) is 13.2 Å². The normalized spacial score (nSPS) is 15.4. The maximum Gasteiger partial charge on any atom is 0.251 e. The lowest BCUT2D eigenvalue weighted by molar-refractivity contribution is 0.0730. The van der Waals surface area contributed by atoms with E-state index < -0.39 is 10.0 Å². The third-order valence-electron chi connectivity index (χ3n) is 4.82. The van der Waals surface area contributed by atoms with E-state index in [0.717, 1.165) is 12.0 Å². The van der Waals surface area contributed by atoms with Crippen molar-refractivity contribution in [1.29, 1.82) is 0 Å². The van der Waals surface area contributed by atoms with E-state index >= 15 is 0 Å². The molecule has 6 nitrogen and oxygen atoms in total. The number of ether oxygens (including phenoxy) is 1. The van der Waals surface area contributed by atoms with Gasteiger partial charge in [-0.3, -0.25) is 4.79 Å². The molecular weight excluding hydrogens is 376 g/mol. The van der Waals surface area contributed by atoms with Gasteiger partial charge in [-0.25, -0.2) is 8.42 Å². The lowest BCUT2D eigenvalue weighted by Gasteiger charge is -2.26. The van der Waals surface area contributed by atoms with Crippen LogP contribution in [0.1, 0.15) is 27.0 Å². The summed E-state index contributed by atoms with van der Waals surface area (Å²) in [6, 6.07) is 13.0. The first kappa shape index (κ1) is 20.5. The molecule has 150 valence electrons. The summed E-state index contributed by atoms with van der Waals surface area (Å²) >= 11 is 0. The number of aryl methyl sites for hydroxylation is 2. The standard InChI is InChI=1S/C21H26N2O4S/c1-16-4-3-5-18(14-16)8-9-22-21(24)19-7-6-17(2)20(15-19)28(25,26)23-10-12-27-13-11-23/h3-7,14-15H,8-13H2,1-2H3,(H,22,24). The second-order valence-electron chi connectivity index (χ2n) is 6.99. The van der Waals surface area contributed by atoms with Crippen molar-refractivity contribution in [2.45, 2.75) is 25.2 Å². The molecule has 1 fully saturated rings. The first-order valence-electron chi connectivity index (χ1n) is 9.40. The van der Waals surface area contributed by atoms with E-state index in [1.54, 1.807) is 19.1 Å². The Hall–Kier alpha value is -2.22. The van der Waals surface area contributed by atoms with Gasteiger partial charge in [-0.05, 0) is 43.5 Å². The van der Waals surface area contributed by atoms with Crippen molar-refractivity contribution in [2.75, 3.05) is 32.8 Å². The molecule has 1 amide bonds. The zero-order chi connectivity index (χ0) is 20.1. The van der Waals surface area contributed by atoms with Crippen LogP contribution < -0.4 is 5.32 Å². The van der Waals surface area contributed by atoms with Crippen LogP contribution in [0.25, 0.3) is 0 Å². The van der Waals surface area contributed by atoms with Gasteiger partial charge in [0.05, 0.1) is 18.1 Å². The molecule has 7 heteroatoms. The molecule has 0 bridgehead atoms. The number of amides is 1. The number of rotatable bonds is 6. The van der Waals surface area contributed by atoms with E-state index in [0.29, 0.717) is 44.0 Å². The molecule has 0 aliphatic carbocycles. The van der Waals surface area contributed by atoms with Gasteiger partial charge >= 0.3 is 0 Å². The van der Waals surface area contributed by atoms with Crippen LogP contribution in [0.3, 0.4) is 0 Å². The summed E-state index contributed by atoms with van der Waals surface area (Å²) in [6.07, 6.45) is 0.720. The minimum atomic E-state index is -3.64. The molecule has 1 N–H and O–H groups in total. The second-order valence-corrected chi connectivity index (χ2v) is 8.90. The summed E-state index contributed by atoms with van der Waals surface area (Å²) in [7, 11) is -3.64. The van der Waals surface area contributed by atoms with Gasteiger partial charge < -0.3 is 10.1 Å². The van der Waals surface area contributed by atoms with Crippen LogP contribution in [-0.4, -0.2) is 51.5 Å². The van der Waals surface area contributed by atoms with E-state index in [4.69, 9.17) is 4.74 Å². The second kappa shape index (κ2) is 8.86. The predicted octanol–water partition coefficient (Wildman–Crippen LogP) is 2.30. The van der Waals surface area contributed by atoms with Crippen LogP contribution in [0.2, 0.25) is 0 Å². The molecule has 0 atom stereocenters. The molecule has 0 unspecified atom stereocenters. The predicted molar refractivity (Wildman–Crippen MR) is 108 cm³/mol. The molecule has 0 spiro atoms. The summed E-state index contributed by atoms with van der Waals surface area (Å²) in [5.41, 5.74) is 3.31. The van der Waals surface area contributed by atoms with Gasteiger partial charge in [0.1, 0.15) is 0 Å². The molecule has 1 aliphatic rings. The fourth-order valence-corrected chi connectivity index (χ4v) is 4.89. The summed E-state index contributed by atoms with van der Waals surface area (Å²) < 4.78 is 32.6. The van der Waals surface area contributed by atoms with Crippen LogP contribution in [0.4, 0.5) is 0 Å². The first-order chi connectivity index (χ1) is 13.4. The maximum absolute atomic E-state index is 13.0. The molecule has 28 heavy (non-hydrogen) atoms.